The molecule has 1 N–H and O–H groups in total. The number of esters is 1. The second-order valence-corrected chi connectivity index (χ2v) is 4.47. The standard InChI is InChI=1S/C13H14N2O3S/c1-3-18-12(16)11-8-19-13(15-11)14-9-5-4-6-10(7-9)17-2/h4-8H,3H2,1-2H3,(H,14,15). The average molecular weight is 278 g/mol. The molecule has 0 bridgehead atoms. The number of benzene rings is 1. The molecular formula is C13H14N2O3S. The topological polar surface area (TPSA) is 60.5 Å². The summed E-state index contributed by atoms with van der Waals surface area (Å²) in [5.41, 5.74) is 1.17. The fraction of sp³-hybridized carbons (Fsp3) is 0.231. The normalized spacial score (nSPS) is 10.0. The van der Waals surface area contributed by atoms with Crippen LogP contribution >= 0.6 is 11.3 Å². The van der Waals surface area contributed by atoms with Gasteiger partial charge in [-0.05, 0) is 19.1 Å². The molecule has 0 radical (unpaired) electrons. The van der Waals surface area contributed by atoms with Gasteiger partial charge >= 0.3 is 5.97 Å². The lowest BCUT2D eigenvalue weighted by Crippen LogP contribution is -2.04. The average Bonchev–Trinajstić information content (AvgIpc) is 2.88. The Hall–Kier alpha value is -2.08. The SMILES string of the molecule is CCOC(=O)c1csc(Nc2cccc(OC)c2)n1. The third kappa shape index (κ3) is 3.45. The summed E-state index contributed by atoms with van der Waals surface area (Å²) >= 11 is 1.35. The molecule has 1 heterocycles. The van der Waals surface area contributed by atoms with E-state index in [1.165, 1.54) is 11.3 Å². The van der Waals surface area contributed by atoms with Gasteiger partial charge < -0.3 is 14.8 Å². The van der Waals surface area contributed by atoms with Gasteiger partial charge in [-0.25, -0.2) is 9.78 Å². The minimum Gasteiger partial charge on any atom is -0.497 e. The molecule has 2 aromatic rings. The van der Waals surface area contributed by atoms with Gasteiger partial charge in [0.05, 0.1) is 13.7 Å². The van der Waals surface area contributed by atoms with Gasteiger partial charge in [0, 0.05) is 17.1 Å². The third-order valence-corrected chi connectivity index (χ3v) is 3.07. The number of ether oxygens (including phenoxy) is 2. The predicted molar refractivity (Wildman–Crippen MR) is 74.3 cm³/mol. The maximum absolute atomic E-state index is 11.5. The minimum atomic E-state index is -0.405. The van der Waals surface area contributed by atoms with Crippen LogP contribution in [-0.2, 0) is 4.74 Å². The van der Waals surface area contributed by atoms with E-state index < -0.39 is 5.97 Å². The summed E-state index contributed by atoms with van der Waals surface area (Å²) in [6.07, 6.45) is 0. The van der Waals surface area contributed by atoms with Crippen molar-refractivity contribution in [3.05, 3.63) is 35.3 Å². The van der Waals surface area contributed by atoms with Crippen molar-refractivity contribution in [3.63, 3.8) is 0 Å². The van der Waals surface area contributed by atoms with Crippen molar-refractivity contribution < 1.29 is 14.3 Å². The van der Waals surface area contributed by atoms with Gasteiger partial charge in [-0.1, -0.05) is 6.07 Å². The van der Waals surface area contributed by atoms with E-state index in [2.05, 4.69) is 10.3 Å². The molecule has 0 aliphatic carbocycles. The molecule has 0 atom stereocenters. The Morgan fingerprint density at radius 2 is 2.32 bits per heavy atom. The zero-order valence-electron chi connectivity index (χ0n) is 10.7. The number of methoxy groups -OCH3 is 1. The molecule has 5 nitrogen and oxygen atoms in total. The molecule has 0 spiro atoms. The summed E-state index contributed by atoms with van der Waals surface area (Å²) in [4.78, 5) is 15.7. The molecule has 0 aliphatic heterocycles. The highest BCUT2D eigenvalue weighted by Crippen LogP contribution is 2.24. The molecule has 0 unspecified atom stereocenters. The lowest BCUT2D eigenvalue weighted by Gasteiger charge is -2.04. The first-order valence-corrected chi connectivity index (χ1v) is 6.64. The molecule has 0 aliphatic rings. The van der Waals surface area contributed by atoms with Crippen molar-refractivity contribution >= 4 is 28.1 Å². The van der Waals surface area contributed by atoms with E-state index in [-0.39, 0.29) is 0 Å². The molecule has 2 rings (SSSR count). The zero-order valence-corrected chi connectivity index (χ0v) is 11.5. The highest BCUT2D eigenvalue weighted by Gasteiger charge is 2.11. The molecule has 100 valence electrons. The Balaban J connectivity index is 2.09. The van der Waals surface area contributed by atoms with Crippen molar-refractivity contribution in [1.82, 2.24) is 4.98 Å². The summed E-state index contributed by atoms with van der Waals surface area (Å²) in [6.45, 7) is 2.11. The number of nitrogens with one attached hydrogen (secondary N) is 1. The Labute approximate surface area is 115 Å². The molecule has 0 amide bonds. The second-order valence-electron chi connectivity index (χ2n) is 3.62. The molecule has 19 heavy (non-hydrogen) atoms. The first-order valence-electron chi connectivity index (χ1n) is 5.76. The lowest BCUT2D eigenvalue weighted by atomic mass is 10.3. The number of carbonyl (C=O) groups excluding carboxylic acids is 1. The zero-order chi connectivity index (χ0) is 13.7. The molecule has 0 saturated heterocycles. The number of thiazole rings is 1. The quantitative estimate of drug-likeness (QED) is 0.852. The van der Waals surface area contributed by atoms with Crippen molar-refractivity contribution in [3.8, 4) is 5.75 Å². The molecular weight excluding hydrogens is 264 g/mol. The number of nitrogens with zero attached hydrogens (tertiary/aromatic N) is 1. The summed E-state index contributed by atoms with van der Waals surface area (Å²) < 4.78 is 10.0. The van der Waals surface area contributed by atoms with Crippen LogP contribution in [0.3, 0.4) is 0 Å². The van der Waals surface area contributed by atoms with Gasteiger partial charge in [0.2, 0.25) is 0 Å². The van der Waals surface area contributed by atoms with Crippen LogP contribution in [0.5, 0.6) is 5.75 Å². The van der Waals surface area contributed by atoms with Gasteiger partial charge in [0.15, 0.2) is 10.8 Å². The molecule has 6 heteroatoms. The van der Waals surface area contributed by atoms with Crippen LogP contribution < -0.4 is 10.1 Å². The van der Waals surface area contributed by atoms with Crippen LogP contribution in [0.1, 0.15) is 17.4 Å². The van der Waals surface area contributed by atoms with Gasteiger partial charge in [-0.2, -0.15) is 0 Å². The maximum atomic E-state index is 11.5. The number of aromatic nitrogens is 1. The van der Waals surface area contributed by atoms with E-state index in [9.17, 15) is 4.79 Å². The minimum absolute atomic E-state index is 0.317. The van der Waals surface area contributed by atoms with Gasteiger partial charge in [0.1, 0.15) is 5.75 Å². The van der Waals surface area contributed by atoms with E-state index in [1.807, 2.05) is 24.3 Å². The van der Waals surface area contributed by atoms with Crippen molar-refractivity contribution in [2.45, 2.75) is 6.92 Å². The number of anilines is 2. The fourth-order valence-electron chi connectivity index (χ4n) is 1.45. The molecule has 1 aromatic carbocycles. The maximum Gasteiger partial charge on any atom is 0.357 e. The third-order valence-electron chi connectivity index (χ3n) is 2.31. The van der Waals surface area contributed by atoms with Gasteiger partial charge in [-0.3, -0.25) is 0 Å². The smallest absolute Gasteiger partial charge is 0.357 e. The predicted octanol–water partition coefficient (Wildman–Crippen LogP) is 3.07. The number of hydrogen-bond acceptors (Lipinski definition) is 6. The first-order chi connectivity index (χ1) is 9.22. The monoisotopic (exact) mass is 278 g/mol. The van der Waals surface area contributed by atoms with Gasteiger partial charge in [0.25, 0.3) is 0 Å². The number of rotatable bonds is 5. The Bertz CT molecular complexity index is 569. The Morgan fingerprint density at radius 1 is 1.47 bits per heavy atom. The molecule has 0 fully saturated rings. The summed E-state index contributed by atoms with van der Waals surface area (Å²) in [6, 6.07) is 7.48. The largest absolute Gasteiger partial charge is 0.497 e. The fourth-order valence-corrected chi connectivity index (χ4v) is 2.15. The van der Waals surface area contributed by atoms with Gasteiger partial charge in [-0.15, -0.1) is 11.3 Å². The van der Waals surface area contributed by atoms with Crippen molar-refractivity contribution in [2.75, 3.05) is 19.0 Å². The van der Waals surface area contributed by atoms with Crippen LogP contribution in [-0.4, -0.2) is 24.7 Å². The summed E-state index contributed by atoms with van der Waals surface area (Å²) in [5, 5.41) is 5.42. The van der Waals surface area contributed by atoms with Crippen LogP contribution in [0, 0.1) is 0 Å². The van der Waals surface area contributed by atoms with E-state index >= 15 is 0 Å². The van der Waals surface area contributed by atoms with Crippen LogP contribution in [0.4, 0.5) is 10.8 Å². The Morgan fingerprint density at radius 3 is 3.05 bits per heavy atom. The summed E-state index contributed by atoms with van der Waals surface area (Å²) in [7, 11) is 1.61. The van der Waals surface area contributed by atoms with E-state index in [4.69, 9.17) is 9.47 Å². The second kappa shape index (κ2) is 6.19. The first kappa shape index (κ1) is 13.4. The van der Waals surface area contributed by atoms with E-state index in [0.717, 1.165) is 11.4 Å². The highest BCUT2D eigenvalue weighted by atomic mass is 32.1. The van der Waals surface area contributed by atoms with Crippen LogP contribution in [0.25, 0.3) is 0 Å². The highest BCUT2D eigenvalue weighted by molar-refractivity contribution is 7.14. The lowest BCUT2D eigenvalue weighted by molar-refractivity contribution is 0.0520. The van der Waals surface area contributed by atoms with Crippen molar-refractivity contribution in [2.24, 2.45) is 0 Å². The molecule has 1 aromatic heterocycles. The van der Waals surface area contributed by atoms with E-state index in [0.29, 0.717) is 17.4 Å². The number of carbonyl (C=O) groups is 1. The molecule has 0 saturated carbocycles. The number of hydrogen-bond donors (Lipinski definition) is 1. The van der Waals surface area contributed by atoms with Crippen molar-refractivity contribution in [1.29, 1.82) is 0 Å². The summed E-state index contributed by atoms with van der Waals surface area (Å²) in [5.74, 6) is 0.351. The van der Waals surface area contributed by atoms with Crippen LogP contribution in [0.2, 0.25) is 0 Å². The Kier molecular flexibility index (Phi) is 4.35. The van der Waals surface area contributed by atoms with Crippen LogP contribution in [0.15, 0.2) is 29.6 Å². The van der Waals surface area contributed by atoms with E-state index in [1.54, 1.807) is 19.4 Å².